The van der Waals surface area contributed by atoms with Crippen LogP contribution < -0.4 is 0 Å². The van der Waals surface area contributed by atoms with E-state index >= 15 is 0 Å². The maximum absolute atomic E-state index is 9.38. The predicted molar refractivity (Wildman–Crippen MR) is 133 cm³/mol. The van der Waals surface area contributed by atoms with Crippen molar-refractivity contribution in [3.63, 3.8) is 0 Å². The van der Waals surface area contributed by atoms with E-state index in [2.05, 4.69) is 111 Å². The van der Waals surface area contributed by atoms with E-state index in [4.69, 9.17) is 0 Å². The van der Waals surface area contributed by atoms with Crippen LogP contribution in [0.15, 0.2) is 97.1 Å². The third-order valence-corrected chi connectivity index (χ3v) is 6.77. The number of fused-ring (bicyclic) bond motifs is 3. The molecule has 0 amide bonds. The van der Waals surface area contributed by atoms with Crippen molar-refractivity contribution in [2.75, 3.05) is 6.61 Å². The van der Waals surface area contributed by atoms with Gasteiger partial charge in [0.05, 0.1) is 5.41 Å². The summed E-state index contributed by atoms with van der Waals surface area (Å²) in [6, 6.07) is 35.8. The van der Waals surface area contributed by atoms with Crippen LogP contribution in [-0.2, 0) is 18.3 Å². The zero-order valence-electron chi connectivity index (χ0n) is 18.9. The summed E-state index contributed by atoms with van der Waals surface area (Å²) in [6.45, 7) is 4.72. The highest BCUT2D eigenvalue weighted by molar-refractivity contribution is 5.86. The van der Waals surface area contributed by atoms with Gasteiger partial charge in [-0.2, -0.15) is 0 Å². The molecule has 1 heteroatoms. The zero-order chi connectivity index (χ0) is 22.1. The molecule has 1 aliphatic carbocycles. The molecule has 4 aromatic carbocycles. The summed E-state index contributed by atoms with van der Waals surface area (Å²) < 4.78 is 0. The van der Waals surface area contributed by atoms with Gasteiger partial charge in [-0.15, -0.1) is 0 Å². The number of benzene rings is 4. The van der Waals surface area contributed by atoms with Gasteiger partial charge in [-0.3, -0.25) is 0 Å². The van der Waals surface area contributed by atoms with Crippen LogP contribution in [0.1, 0.15) is 47.2 Å². The molecule has 0 saturated heterocycles. The van der Waals surface area contributed by atoms with E-state index in [1.54, 1.807) is 0 Å². The molecule has 1 aliphatic rings. The molecular weight excluding hydrogens is 388 g/mol. The Morgan fingerprint density at radius 2 is 1.09 bits per heavy atom. The summed E-state index contributed by atoms with van der Waals surface area (Å²) in [5, 5.41) is 9.38. The Kier molecular flexibility index (Phi) is 5.45. The summed E-state index contributed by atoms with van der Waals surface area (Å²) in [5.41, 5.74) is 10.1. The smallest absolute Gasteiger partial charge is 0.0713 e. The SMILES string of the molecule is CC(C)Cc1ccc(C2(c3ccc(CCO)cc3)c3ccccc3-c3ccccc32)cc1. The fraction of sp³-hybridized carbons (Fsp3) is 0.226. The highest BCUT2D eigenvalue weighted by Gasteiger charge is 2.45. The maximum atomic E-state index is 9.38. The summed E-state index contributed by atoms with van der Waals surface area (Å²) in [4.78, 5) is 0. The first-order valence-electron chi connectivity index (χ1n) is 11.6. The first-order chi connectivity index (χ1) is 15.6. The van der Waals surface area contributed by atoms with E-state index in [1.807, 2.05) is 0 Å². The largest absolute Gasteiger partial charge is 0.396 e. The summed E-state index contributed by atoms with van der Waals surface area (Å²) >= 11 is 0. The summed E-state index contributed by atoms with van der Waals surface area (Å²) in [7, 11) is 0. The highest BCUT2D eigenvalue weighted by atomic mass is 16.2. The van der Waals surface area contributed by atoms with Gasteiger partial charge in [0.1, 0.15) is 0 Å². The molecule has 0 aromatic heterocycles. The van der Waals surface area contributed by atoms with E-state index in [9.17, 15) is 5.11 Å². The molecule has 0 fully saturated rings. The minimum absolute atomic E-state index is 0.174. The Hall–Kier alpha value is -3.16. The Morgan fingerprint density at radius 1 is 0.625 bits per heavy atom. The van der Waals surface area contributed by atoms with Crippen LogP contribution in [0.2, 0.25) is 0 Å². The topological polar surface area (TPSA) is 20.2 Å². The minimum Gasteiger partial charge on any atom is -0.396 e. The molecule has 160 valence electrons. The lowest BCUT2D eigenvalue weighted by molar-refractivity contribution is 0.299. The standard InChI is InChI=1S/C31H30O/c1-22(2)21-24-13-17-26(18-14-24)31(25-15-11-23(12-16-25)19-20-32)29-9-5-3-7-27(29)28-8-4-6-10-30(28)31/h3-18,22,32H,19-21H2,1-2H3. The quantitative estimate of drug-likeness (QED) is 0.322. The Balaban J connectivity index is 1.78. The van der Waals surface area contributed by atoms with Crippen molar-refractivity contribution in [1.82, 2.24) is 0 Å². The van der Waals surface area contributed by atoms with Gasteiger partial charge in [-0.25, -0.2) is 0 Å². The number of aliphatic hydroxyl groups excluding tert-OH is 1. The van der Waals surface area contributed by atoms with Crippen LogP contribution in [0.5, 0.6) is 0 Å². The van der Waals surface area contributed by atoms with Gasteiger partial charge >= 0.3 is 0 Å². The van der Waals surface area contributed by atoms with Gasteiger partial charge in [-0.1, -0.05) is 111 Å². The van der Waals surface area contributed by atoms with E-state index in [1.165, 1.54) is 44.5 Å². The molecule has 0 atom stereocenters. The highest BCUT2D eigenvalue weighted by Crippen LogP contribution is 2.55. The van der Waals surface area contributed by atoms with E-state index in [0.29, 0.717) is 12.3 Å². The molecule has 32 heavy (non-hydrogen) atoms. The van der Waals surface area contributed by atoms with Crippen molar-refractivity contribution in [2.24, 2.45) is 5.92 Å². The lowest BCUT2D eigenvalue weighted by Crippen LogP contribution is -2.28. The minimum atomic E-state index is -0.346. The molecule has 0 saturated carbocycles. The van der Waals surface area contributed by atoms with Gasteiger partial charge in [0.15, 0.2) is 0 Å². The van der Waals surface area contributed by atoms with Crippen molar-refractivity contribution < 1.29 is 5.11 Å². The first-order valence-corrected chi connectivity index (χ1v) is 11.6. The van der Waals surface area contributed by atoms with Gasteiger partial charge < -0.3 is 5.11 Å². The molecule has 0 spiro atoms. The summed E-state index contributed by atoms with van der Waals surface area (Å²) in [5.74, 6) is 0.641. The second-order valence-electron chi connectivity index (χ2n) is 9.31. The molecule has 4 aromatic rings. The molecule has 0 radical (unpaired) electrons. The third kappa shape index (κ3) is 3.29. The molecule has 5 rings (SSSR count). The van der Waals surface area contributed by atoms with Crippen LogP contribution >= 0.6 is 0 Å². The molecule has 1 N–H and O–H groups in total. The zero-order valence-corrected chi connectivity index (χ0v) is 18.9. The van der Waals surface area contributed by atoms with Gasteiger partial charge in [0.25, 0.3) is 0 Å². The molecule has 0 unspecified atom stereocenters. The second-order valence-corrected chi connectivity index (χ2v) is 9.31. The third-order valence-electron chi connectivity index (χ3n) is 6.77. The Morgan fingerprint density at radius 3 is 1.56 bits per heavy atom. The first kappa shape index (κ1) is 20.7. The van der Waals surface area contributed by atoms with Crippen LogP contribution in [0.3, 0.4) is 0 Å². The second kappa shape index (κ2) is 8.41. The number of rotatable bonds is 6. The average Bonchev–Trinajstić information content (AvgIpc) is 3.12. The number of hydrogen-bond acceptors (Lipinski definition) is 1. The van der Waals surface area contributed by atoms with Crippen molar-refractivity contribution >= 4 is 0 Å². The Bertz CT molecular complexity index is 1170. The molecule has 1 nitrogen and oxygen atoms in total. The maximum Gasteiger partial charge on any atom is 0.0713 e. The van der Waals surface area contributed by atoms with Crippen molar-refractivity contribution in [2.45, 2.75) is 32.1 Å². The predicted octanol–water partition coefficient (Wildman–Crippen LogP) is 6.78. The molecule has 0 aliphatic heterocycles. The van der Waals surface area contributed by atoms with Gasteiger partial charge in [-0.05, 0) is 63.3 Å². The fourth-order valence-electron chi connectivity index (χ4n) is 5.44. The lowest BCUT2D eigenvalue weighted by Gasteiger charge is -2.34. The molecule has 0 heterocycles. The monoisotopic (exact) mass is 418 g/mol. The molecular formula is C31H30O. The van der Waals surface area contributed by atoms with Gasteiger partial charge in [0, 0.05) is 6.61 Å². The summed E-state index contributed by atoms with van der Waals surface area (Å²) in [6.07, 6.45) is 1.78. The van der Waals surface area contributed by atoms with E-state index in [0.717, 1.165) is 6.42 Å². The van der Waals surface area contributed by atoms with Gasteiger partial charge in [0.2, 0.25) is 0 Å². The molecule has 0 bridgehead atoms. The van der Waals surface area contributed by atoms with Crippen LogP contribution in [0.25, 0.3) is 11.1 Å². The fourth-order valence-corrected chi connectivity index (χ4v) is 5.44. The lowest BCUT2D eigenvalue weighted by atomic mass is 9.67. The van der Waals surface area contributed by atoms with Crippen molar-refractivity contribution in [3.05, 3.63) is 130 Å². The Labute approximate surface area is 191 Å². The van der Waals surface area contributed by atoms with Crippen LogP contribution in [-0.4, -0.2) is 11.7 Å². The van der Waals surface area contributed by atoms with Crippen molar-refractivity contribution in [3.8, 4) is 11.1 Å². The van der Waals surface area contributed by atoms with E-state index < -0.39 is 0 Å². The average molecular weight is 419 g/mol. The number of hydrogen-bond donors (Lipinski definition) is 1. The normalized spacial score (nSPS) is 13.8. The van der Waals surface area contributed by atoms with Crippen LogP contribution in [0.4, 0.5) is 0 Å². The van der Waals surface area contributed by atoms with Crippen LogP contribution in [0, 0.1) is 5.92 Å². The van der Waals surface area contributed by atoms with Crippen molar-refractivity contribution in [1.29, 1.82) is 0 Å². The van der Waals surface area contributed by atoms with E-state index in [-0.39, 0.29) is 12.0 Å². The number of aliphatic hydroxyl groups is 1.